The Morgan fingerprint density at radius 2 is 2.10 bits per heavy atom. The Kier molecular flexibility index (Phi) is 5.95. The molecule has 2 aromatic rings. The zero-order valence-electron chi connectivity index (χ0n) is 16.9. The summed E-state index contributed by atoms with van der Waals surface area (Å²) in [6.07, 6.45) is 9.61. The van der Waals surface area contributed by atoms with Gasteiger partial charge in [0.25, 0.3) is 0 Å². The van der Waals surface area contributed by atoms with Crippen molar-refractivity contribution < 1.29 is 9.53 Å². The highest BCUT2D eigenvalue weighted by Crippen LogP contribution is 2.31. The summed E-state index contributed by atoms with van der Waals surface area (Å²) in [6, 6.07) is 0. The lowest BCUT2D eigenvalue weighted by Crippen LogP contribution is -2.34. The van der Waals surface area contributed by atoms with Crippen molar-refractivity contribution in [2.45, 2.75) is 70.6 Å². The van der Waals surface area contributed by atoms with Crippen molar-refractivity contribution in [1.82, 2.24) is 24.8 Å². The van der Waals surface area contributed by atoms with Crippen molar-refractivity contribution in [3.05, 3.63) is 12.2 Å². The van der Waals surface area contributed by atoms with Gasteiger partial charge < -0.3 is 15.8 Å². The Morgan fingerprint density at radius 3 is 2.90 bits per heavy atom. The lowest BCUT2D eigenvalue weighted by atomic mass is 9.87. The van der Waals surface area contributed by atoms with Crippen molar-refractivity contribution >= 4 is 22.9 Å². The van der Waals surface area contributed by atoms with E-state index < -0.39 is 6.10 Å². The number of hydrogen-bond donors (Lipinski definition) is 2. The molecule has 2 aromatic heterocycles. The highest BCUT2D eigenvalue weighted by atomic mass is 16.5. The zero-order chi connectivity index (χ0) is 20.2. The predicted molar refractivity (Wildman–Crippen MR) is 110 cm³/mol. The highest BCUT2D eigenvalue weighted by molar-refractivity contribution is 5.82. The van der Waals surface area contributed by atoms with Crippen LogP contribution in [0.15, 0.2) is 6.33 Å². The van der Waals surface area contributed by atoms with Gasteiger partial charge in [0.2, 0.25) is 11.7 Å². The normalized spacial score (nSPS) is 22.4. The zero-order valence-corrected chi connectivity index (χ0v) is 16.9. The summed E-state index contributed by atoms with van der Waals surface area (Å²) in [7, 11) is 0. The van der Waals surface area contributed by atoms with Gasteiger partial charge in [-0.15, -0.1) is 0 Å². The molecule has 0 aromatic carbocycles. The van der Waals surface area contributed by atoms with E-state index in [-0.39, 0.29) is 12.1 Å². The maximum Gasteiger partial charge on any atom is 0.249 e. The van der Waals surface area contributed by atoms with Gasteiger partial charge in [-0.3, -0.25) is 9.36 Å². The lowest BCUT2D eigenvalue weighted by Gasteiger charge is -2.18. The molecular formula is C21H28N6O2. The van der Waals surface area contributed by atoms with E-state index in [2.05, 4.69) is 32.1 Å². The maximum absolute atomic E-state index is 12.1. The number of anilines is 1. The third kappa shape index (κ3) is 4.35. The Hall–Kier alpha value is -2.66. The number of likely N-dealkylation sites (N-methyl/N-ethyl adjacent to an activating group) is 1. The molecule has 8 nitrogen and oxygen atoms in total. The van der Waals surface area contributed by atoms with Gasteiger partial charge in [0.1, 0.15) is 17.8 Å². The second-order valence-corrected chi connectivity index (χ2v) is 7.82. The summed E-state index contributed by atoms with van der Waals surface area (Å²) in [5, 5.41) is 2.81. The molecule has 8 heteroatoms. The van der Waals surface area contributed by atoms with Crippen molar-refractivity contribution in [1.29, 1.82) is 0 Å². The van der Waals surface area contributed by atoms with Gasteiger partial charge in [-0.2, -0.15) is 0 Å². The van der Waals surface area contributed by atoms with Crippen LogP contribution in [-0.2, 0) is 9.53 Å². The molecule has 2 unspecified atom stereocenters. The van der Waals surface area contributed by atoms with Crippen molar-refractivity contribution in [2.75, 3.05) is 12.3 Å². The SMILES string of the molecule is CCNC(=O)C1CCC(n2cnc3c(N)nc(C#CCC4CCCCC4)nc32)O1. The Morgan fingerprint density at radius 1 is 1.28 bits per heavy atom. The van der Waals surface area contributed by atoms with Crippen LogP contribution in [0.5, 0.6) is 0 Å². The summed E-state index contributed by atoms with van der Waals surface area (Å²) in [6.45, 7) is 2.48. The van der Waals surface area contributed by atoms with Crippen LogP contribution in [0, 0.1) is 17.8 Å². The van der Waals surface area contributed by atoms with E-state index in [4.69, 9.17) is 10.5 Å². The molecule has 0 bridgehead atoms. The molecular weight excluding hydrogens is 368 g/mol. The first-order chi connectivity index (χ1) is 14.2. The van der Waals surface area contributed by atoms with Crippen molar-refractivity contribution in [2.24, 2.45) is 5.92 Å². The van der Waals surface area contributed by atoms with Gasteiger partial charge >= 0.3 is 0 Å². The quantitative estimate of drug-likeness (QED) is 0.769. The number of ether oxygens (including phenoxy) is 1. The minimum atomic E-state index is -0.452. The fourth-order valence-electron chi connectivity index (χ4n) is 4.18. The average molecular weight is 396 g/mol. The number of hydrogen-bond acceptors (Lipinski definition) is 6. The van der Waals surface area contributed by atoms with E-state index in [9.17, 15) is 4.79 Å². The van der Waals surface area contributed by atoms with Crippen LogP contribution in [0.25, 0.3) is 11.2 Å². The molecule has 2 atom stereocenters. The smallest absolute Gasteiger partial charge is 0.249 e. The number of carbonyl (C=O) groups is 1. The van der Waals surface area contributed by atoms with E-state index in [0.29, 0.717) is 48.1 Å². The fourth-order valence-corrected chi connectivity index (χ4v) is 4.18. The second kappa shape index (κ2) is 8.78. The number of carbonyl (C=O) groups excluding carboxylic acids is 1. The fraction of sp³-hybridized carbons (Fsp3) is 0.619. The van der Waals surface area contributed by atoms with Crippen LogP contribution < -0.4 is 11.1 Å². The molecule has 1 saturated carbocycles. The minimum absolute atomic E-state index is 0.0807. The monoisotopic (exact) mass is 396 g/mol. The lowest BCUT2D eigenvalue weighted by molar-refractivity contribution is -0.133. The summed E-state index contributed by atoms with van der Waals surface area (Å²) in [5.74, 6) is 7.64. The largest absolute Gasteiger partial charge is 0.382 e. The number of amides is 1. The van der Waals surface area contributed by atoms with E-state index in [0.717, 1.165) is 6.42 Å². The Bertz CT molecular complexity index is 938. The number of nitrogens with two attached hydrogens (primary N) is 1. The number of nitrogens with zero attached hydrogens (tertiary/aromatic N) is 4. The summed E-state index contributed by atoms with van der Waals surface area (Å²) in [5.41, 5.74) is 7.23. The number of aromatic nitrogens is 4. The third-order valence-electron chi connectivity index (χ3n) is 5.71. The molecule has 1 aliphatic carbocycles. The van der Waals surface area contributed by atoms with E-state index in [1.165, 1.54) is 32.1 Å². The van der Waals surface area contributed by atoms with Crippen molar-refractivity contribution in [3.63, 3.8) is 0 Å². The van der Waals surface area contributed by atoms with Crippen LogP contribution in [0.3, 0.4) is 0 Å². The minimum Gasteiger partial charge on any atom is -0.382 e. The number of nitrogen functional groups attached to an aromatic ring is 1. The summed E-state index contributed by atoms with van der Waals surface area (Å²) in [4.78, 5) is 25.3. The van der Waals surface area contributed by atoms with Crippen molar-refractivity contribution in [3.8, 4) is 11.8 Å². The van der Waals surface area contributed by atoms with Gasteiger partial charge in [0.05, 0.1) is 6.33 Å². The van der Waals surface area contributed by atoms with E-state index >= 15 is 0 Å². The molecule has 1 amide bonds. The predicted octanol–water partition coefficient (Wildman–Crippen LogP) is 2.54. The summed E-state index contributed by atoms with van der Waals surface area (Å²) < 4.78 is 7.77. The average Bonchev–Trinajstić information content (AvgIpc) is 3.36. The van der Waals surface area contributed by atoms with Crippen LogP contribution in [-0.4, -0.2) is 38.1 Å². The topological polar surface area (TPSA) is 108 Å². The van der Waals surface area contributed by atoms with Gasteiger partial charge in [-0.05, 0) is 44.4 Å². The maximum atomic E-state index is 12.1. The third-order valence-corrected chi connectivity index (χ3v) is 5.71. The number of nitrogens with one attached hydrogen (secondary N) is 1. The number of rotatable bonds is 4. The number of fused-ring (bicyclic) bond motifs is 1. The molecule has 0 spiro atoms. The molecule has 3 N–H and O–H groups in total. The van der Waals surface area contributed by atoms with E-state index in [1.54, 1.807) is 6.33 Å². The van der Waals surface area contributed by atoms with Crippen LogP contribution in [0.1, 0.15) is 70.3 Å². The first kappa shape index (κ1) is 19.6. The molecule has 1 aliphatic heterocycles. The van der Waals surface area contributed by atoms with Gasteiger partial charge in [0.15, 0.2) is 11.5 Å². The Balaban J connectivity index is 1.52. The highest BCUT2D eigenvalue weighted by Gasteiger charge is 2.32. The molecule has 2 aliphatic rings. The van der Waals surface area contributed by atoms with Gasteiger partial charge in [-0.25, -0.2) is 15.0 Å². The summed E-state index contributed by atoms with van der Waals surface area (Å²) >= 11 is 0. The standard InChI is InChI=1S/C21H28N6O2/c1-2-23-21(28)15-11-12-17(29-15)27-13-24-18-19(22)25-16(26-20(18)27)10-6-9-14-7-4-3-5-8-14/h13-15,17H,2-5,7-9,11-12H2,1H3,(H,23,28)(H2,22,25,26). The number of imidazole rings is 1. The first-order valence-corrected chi connectivity index (χ1v) is 10.6. The van der Waals surface area contributed by atoms with Crippen LogP contribution in [0.4, 0.5) is 5.82 Å². The van der Waals surface area contributed by atoms with Gasteiger partial charge in [0, 0.05) is 13.0 Å². The first-order valence-electron chi connectivity index (χ1n) is 10.6. The van der Waals surface area contributed by atoms with Crippen LogP contribution in [0.2, 0.25) is 0 Å². The molecule has 0 radical (unpaired) electrons. The second-order valence-electron chi connectivity index (χ2n) is 7.82. The molecule has 1 saturated heterocycles. The molecule has 2 fully saturated rings. The molecule has 29 heavy (non-hydrogen) atoms. The molecule has 3 heterocycles. The van der Waals surface area contributed by atoms with Gasteiger partial charge in [-0.1, -0.05) is 25.2 Å². The Labute approximate surface area is 170 Å². The van der Waals surface area contributed by atoms with Crippen LogP contribution >= 0.6 is 0 Å². The molecule has 154 valence electrons. The molecule has 4 rings (SSSR count). The van der Waals surface area contributed by atoms with E-state index in [1.807, 2.05) is 11.5 Å².